The molecule has 0 atom stereocenters. The summed E-state index contributed by atoms with van der Waals surface area (Å²) in [5.74, 6) is 0.0792. The summed E-state index contributed by atoms with van der Waals surface area (Å²) < 4.78 is 22.6. The molecule has 0 radical (unpaired) electrons. The highest BCUT2D eigenvalue weighted by Gasteiger charge is 2.16. The van der Waals surface area contributed by atoms with E-state index >= 15 is 4.39 Å². The first kappa shape index (κ1) is 27.0. The van der Waals surface area contributed by atoms with Crippen LogP contribution in [0, 0.1) is 5.82 Å². The van der Waals surface area contributed by atoms with Gasteiger partial charge in [-0.05, 0) is 38.4 Å². The summed E-state index contributed by atoms with van der Waals surface area (Å²) in [6, 6.07) is 11.1. The Morgan fingerprint density at radius 1 is 1.21 bits per heavy atom. The van der Waals surface area contributed by atoms with Crippen molar-refractivity contribution < 1.29 is 13.9 Å². The average Bonchev–Trinajstić information content (AvgIpc) is 3.36. The van der Waals surface area contributed by atoms with Crippen LogP contribution in [0.2, 0.25) is 10.0 Å². The number of urea groups is 1. The number of anilines is 1. The first-order valence-corrected chi connectivity index (χ1v) is 12.0. The molecule has 2 N–H and O–H groups in total. The quantitative estimate of drug-likeness (QED) is 0.227. The summed E-state index contributed by atoms with van der Waals surface area (Å²) in [7, 11) is 3.95. The minimum Gasteiger partial charge on any atom is -0.454 e. The van der Waals surface area contributed by atoms with E-state index in [1.54, 1.807) is 36.7 Å². The molecule has 10 nitrogen and oxygen atoms in total. The summed E-state index contributed by atoms with van der Waals surface area (Å²) >= 11 is 12.2. The van der Waals surface area contributed by atoms with Gasteiger partial charge in [-0.1, -0.05) is 35.3 Å². The van der Waals surface area contributed by atoms with E-state index in [0.717, 1.165) is 17.6 Å². The first-order valence-electron chi connectivity index (χ1n) is 11.3. The van der Waals surface area contributed by atoms with Gasteiger partial charge in [-0.25, -0.2) is 9.18 Å². The molecule has 0 fully saturated rings. The molecule has 0 spiro atoms. The van der Waals surface area contributed by atoms with Crippen molar-refractivity contribution in [1.82, 2.24) is 24.6 Å². The van der Waals surface area contributed by atoms with E-state index in [9.17, 15) is 4.79 Å². The summed E-state index contributed by atoms with van der Waals surface area (Å²) in [6.45, 7) is 1.46. The SMILES string of the molecule is CN(C)CCn1cnnc1-c1cc(Oc2ccc(N(/N=C/c3cccc(Cl)c3Cl)C(N)=O)cc2F)ccn1. The number of hydrazone groups is 1. The lowest BCUT2D eigenvalue weighted by Gasteiger charge is -2.16. The maximum absolute atomic E-state index is 15.0. The maximum atomic E-state index is 15.0. The third-order valence-corrected chi connectivity index (χ3v) is 6.09. The number of hydrogen-bond acceptors (Lipinski definition) is 7. The smallest absolute Gasteiger partial charge is 0.340 e. The fourth-order valence-electron chi connectivity index (χ4n) is 3.34. The highest BCUT2D eigenvalue weighted by molar-refractivity contribution is 6.43. The van der Waals surface area contributed by atoms with Crippen molar-refractivity contribution >= 4 is 41.1 Å². The molecule has 0 bridgehead atoms. The van der Waals surface area contributed by atoms with E-state index in [-0.39, 0.29) is 16.5 Å². The number of nitrogens with zero attached hydrogens (tertiary/aromatic N) is 7. The van der Waals surface area contributed by atoms with E-state index in [0.29, 0.717) is 34.4 Å². The highest BCUT2D eigenvalue weighted by atomic mass is 35.5. The zero-order valence-corrected chi connectivity index (χ0v) is 21.9. The van der Waals surface area contributed by atoms with Crippen LogP contribution in [0.25, 0.3) is 11.5 Å². The van der Waals surface area contributed by atoms with Crippen molar-refractivity contribution in [2.75, 3.05) is 25.6 Å². The van der Waals surface area contributed by atoms with Crippen LogP contribution in [0.3, 0.4) is 0 Å². The Labute approximate surface area is 228 Å². The molecule has 13 heteroatoms. The molecule has 0 aliphatic carbocycles. The van der Waals surface area contributed by atoms with Crippen LogP contribution in [0.5, 0.6) is 11.5 Å². The lowest BCUT2D eigenvalue weighted by Crippen LogP contribution is -2.31. The third kappa shape index (κ3) is 6.43. The van der Waals surface area contributed by atoms with Gasteiger partial charge in [0.15, 0.2) is 17.4 Å². The second kappa shape index (κ2) is 12.0. The molecular formula is C25H23Cl2FN8O2. The molecule has 2 aromatic heterocycles. The van der Waals surface area contributed by atoms with Gasteiger partial charge in [0.25, 0.3) is 0 Å². The molecule has 4 rings (SSSR count). The topological polar surface area (TPSA) is 115 Å². The fraction of sp³-hybridized carbons (Fsp3) is 0.160. The number of carbonyl (C=O) groups excluding carboxylic acids is 1. The molecule has 196 valence electrons. The zero-order valence-electron chi connectivity index (χ0n) is 20.4. The summed E-state index contributed by atoms with van der Waals surface area (Å²) in [4.78, 5) is 18.4. The average molecular weight is 557 g/mol. The van der Waals surface area contributed by atoms with Crippen LogP contribution < -0.4 is 15.5 Å². The highest BCUT2D eigenvalue weighted by Crippen LogP contribution is 2.30. The summed E-state index contributed by atoms with van der Waals surface area (Å²) in [6.07, 6.45) is 4.46. The zero-order chi connectivity index (χ0) is 27.2. The van der Waals surface area contributed by atoms with Crippen LogP contribution in [-0.2, 0) is 6.54 Å². The van der Waals surface area contributed by atoms with E-state index in [1.165, 1.54) is 24.5 Å². The number of pyridine rings is 1. The van der Waals surface area contributed by atoms with Crippen molar-refractivity contribution in [3.8, 4) is 23.0 Å². The molecule has 0 unspecified atom stereocenters. The Hall–Kier alpha value is -4.06. The molecule has 0 aliphatic rings. The molecule has 2 heterocycles. The first-order chi connectivity index (χ1) is 18.2. The molecular weight excluding hydrogens is 534 g/mol. The molecule has 2 aromatic carbocycles. The van der Waals surface area contributed by atoms with Crippen molar-refractivity contribution in [2.45, 2.75) is 6.54 Å². The lowest BCUT2D eigenvalue weighted by molar-refractivity contribution is 0.254. The molecule has 2 amide bonds. The molecule has 38 heavy (non-hydrogen) atoms. The van der Waals surface area contributed by atoms with Gasteiger partial charge in [0.2, 0.25) is 0 Å². The number of ether oxygens (including phenoxy) is 1. The van der Waals surface area contributed by atoms with Gasteiger partial charge < -0.3 is 19.9 Å². The normalized spacial score (nSPS) is 11.3. The van der Waals surface area contributed by atoms with Crippen molar-refractivity contribution in [2.24, 2.45) is 10.8 Å². The van der Waals surface area contributed by atoms with Crippen molar-refractivity contribution in [1.29, 1.82) is 0 Å². The fourth-order valence-corrected chi connectivity index (χ4v) is 3.70. The van der Waals surface area contributed by atoms with E-state index < -0.39 is 11.8 Å². The second-order valence-electron chi connectivity index (χ2n) is 8.28. The Morgan fingerprint density at radius 3 is 2.76 bits per heavy atom. The van der Waals surface area contributed by atoms with Crippen LogP contribution in [0.4, 0.5) is 14.9 Å². The van der Waals surface area contributed by atoms with Gasteiger partial charge in [0, 0.05) is 37.0 Å². The van der Waals surface area contributed by atoms with Crippen molar-refractivity contribution in [3.05, 3.63) is 82.5 Å². The number of hydrogen-bond donors (Lipinski definition) is 1. The van der Waals surface area contributed by atoms with Gasteiger partial charge in [0.05, 0.1) is 21.9 Å². The van der Waals surface area contributed by atoms with Gasteiger partial charge in [-0.3, -0.25) is 4.98 Å². The van der Waals surface area contributed by atoms with E-state index in [1.807, 2.05) is 23.6 Å². The van der Waals surface area contributed by atoms with Crippen LogP contribution >= 0.6 is 23.2 Å². The number of nitrogens with two attached hydrogens (primary N) is 1. The number of rotatable bonds is 9. The maximum Gasteiger partial charge on any atom is 0.340 e. The number of aromatic nitrogens is 4. The number of likely N-dealkylation sites (N-methyl/N-ethyl adjacent to an activating group) is 1. The van der Waals surface area contributed by atoms with Gasteiger partial charge in [-0.15, -0.1) is 10.2 Å². The monoisotopic (exact) mass is 556 g/mol. The van der Waals surface area contributed by atoms with E-state index in [4.69, 9.17) is 33.7 Å². The summed E-state index contributed by atoms with van der Waals surface area (Å²) in [5.41, 5.74) is 6.52. The van der Waals surface area contributed by atoms with Crippen LogP contribution in [-0.4, -0.2) is 57.5 Å². The lowest BCUT2D eigenvalue weighted by atomic mass is 10.2. The number of carbonyl (C=O) groups is 1. The van der Waals surface area contributed by atoms with Gasteiger partial charge in [-0.2, -0.15) is 10.1 Å². The Bertz CT molecular complexity index is 1480. The Morgan fingerprint density at radius 2 is 2.03 bits per heavy atom. The standard InChI is InChI=1S/C25H23Cl2FN8O2/c1-34(2)10-11-35-15-31-33-24(35)21-13-18(8-9-30-21)38-22-7-6-17(12-20(22)28)36(25(29)37)32-14-16-4-3-5-19(26)23(16)27/h3-9,12-15H,10-11H2,1-2H3,(H2,29,37)/b32-14+. The Kier molecular flexibility index (Phi) is 8.52. The minimum absolute atomic E-state index is 0.0775. The predicted octanol–water partition coefficient (Wildman–Crippen LogP) is 5.06. The molecule has 4 aromatic rings. The largest absolute Gasteiger partial charge is 0.454 e. The number of amides is 2. The third-order valence-electron chi connectivity index (χ3n) is 5.25. The molecule has 0 aliphatic heterocycles. The van der Waals surface area contributed by atoms with E-state index in [2.05, 4.69) is 20.3 Å². The minimum atomic E-state index is -0.926. The Balaban J connectivity index is 1.54. The van der Waals surface area contributed by atoms with Crippen LogP contribution in [0.15, 0.2) is 66.2 Å². The van der Waals surface area contributed by atoms with Crippen molar-refractivity contribution in [3.63, 3.8) is 0 Å². The van der Waals surface area contributed by atoms with Gasteiger partial charge in [0.1, 0.15) is 17.8 Å². The second-order valence-corrected chi connectivity index (χ2v) is 9.07. The van der Waals surface area contributed by atoms with Gasteiger partial charge >= 0.3 is 6.03 Å². The number of benzene rings is 2. The predicted molar refractivity (Wildman–Crippen MR) is 144 cm³/mol. The van der Waals surface area contributed by atoms with Crippen LogP contribution in [0.1, 0.15) is 5.56 Å². The molecule has 0 saturated heterocycles. The number of primary amides is 1. The number of halogens is 3. The summed E-state index contributed by atoms with van der Waals surface area (Å²) in [5, 5.41) is 13.6. The molecule has 0 saturated carbocycles.